The predicted octanol–water partition coefficient (Wildman–Crippen LogP) is -0.580. The van der Waals surface area contributed by atoms with Crippen LogP contribution < -0.4 is 5.73 Å². The van der Waals surface area contributed by atoms with Crippen molar-refractivity contribution in [3.8, 4) is 0 Å². The van der Waals surface area contributed by atoms with E-state index in [4.69, 9.17) is 15.6 Å². The van der Waals surface area contributed by atoms with Crippen LogP contribution >= 0.6 is 0 Å². The van der Waals surface area contributed by atoms with Crippen molar-refractivity contribution >= 4 is 5.91 Å². The van der Waals surface area contributed by atoms with Gasteiger partial charge in [0.05, 0.1) is 25.5 Å². The summed E-state index contributed by atoms with van der Waals surface area (Å²) < 4.78 is 7.11. The molecule has 0 saturated carbocycles. The summed E-state index contributed by atoms with van der Waals surface area (Å²) in [7, 11) is 1.80. The number of nitrogens with two attached hydrogens (primary N) is 1. The molecule has 1 aliphatic heterocycles. The zero-order chi connectivity index (χ0) is 14.5. The second-order valence-electron chi connectivity index (χ2n) is 5.04. The van der Waals surface area contributed by atoms with E-state index in [2.05, 4.69) is 5.10 Å². The van der Waals surface area contributed by atoms with Gasteiger partial charge in [0, 0.05) is 31.9 Å². The van der Waals surface area contributed by atoms with Crippen LogP contribution in [0.5, 0.6) is 0 Å². The fourth-order valence-corrected chi connectivity index (χ4v) is 2.40. The van der Waals surface area contributed by atoms with E-state index in [-0.39, 0.29) is 18.6 Å². The van der Waals surface area contributed by atoms with Crippen LogP contribution in [0, 0.1) is 0 Å². The van der Waals surface area contributed by atoms with Gasteiger partial charge in [0.2, 0.25) is 5.91 Å². The van der Waals surface area contributed by atoms with E-state index < -0.39 is 6.04 Å². The molecule has 1 saturated heterocycles. The second kappa shape index (κ2) is 6.83. The molecule has 7 nitrogen and oxygen atoms in total. The van der Waals surface area contributed by atoms with Gasteiger partial charge in [0.1, 0.15) is 6.04 Å². The van der Waals surface area contributed by atoms with E-state index in [0.717, 1.165) is 18.4 Å². The molecule has 1 aliphatic rings. The highest BCUT2D eigenvalue weighted by Crippen LogP contribution is 2.18. The number of aryl methyl sites for hydroxylation is 1. The average Bonchev–Trinajstić information content (AvgIpc) is 2.90. The first-order valence-corrected chi connectivity index (χ1v) is 6.87. The van der Waals surface area contributed by atoms with Gasteiger partial charge in [-0.25, -0.2) is 0 Å². The van der Waals surface area contributed by atoms with Gasteiger partial charge in [0.25, 0.3) is 0 Å². The minimum Gasteiger partial charge on any atom is -0.394 e. The van der Waals surface area contributed by atoms with Gasteiger partial charge in [-0.15, -0.1) is 0 Å². The highest BCUT2D eigenvalue weighted by Gasteiger charge is 2.27. The van der Waals surface area contributed by atoms with Gasteiger partial charge in [-0.05, 0) is 12.8 Å². The van der Waals surface area contributed by atoms with Crippen molar-refractivity contribution < 1.29 is 14.6 Å². The lowest BCUT2D eigenvalue weighted by atomic mass is 10.1. The molecule has 0 spiro atoms. The summed E-state index contributed by atoms with van der Waals surface area (Å²) >= 11 is 0. The first kappa shape index (κ1) is 15.0. The van der Waals surface area contributed by atoms with Crippen LogP contribution in [0.15, 0.2) is 12.4 Å². The molecule has 2 heterocycles. The van der Waals surface area contributed by atoms with Crippen LogP contribution in [0.1, 0.15) is 24.4 Å². The number of carbonyl (C=O) groups is 1. The van der Waals surface area contributed by atoms with Gasteiger partial charge in [0.15, 0.2) is 0 Å². The van der Waals surface area contributed by atoms with Crippen LogP contribution in [0.25, 0.3) is 0 Å². The monoisotopic (exact) mass is 282 g/mol. The van der Waals surface area contributed by atoms with Crippen molar-refractivity contribution in [2.75, 3.05) is 26.3 Å². The van der Waals surface area contributed by atoms with Crippen LogP contribution in [-0.4, -0.2) is 58.1 Å². The van der Waals surface area contributed by atoms with Crippen molar-refractivity contribution in [2.24, 2.45) is 12.8 Å². The molecular weight excluding hydrogens is 260 g/mol. The maximum absolute atomic E-state index is 12.3. The number of aliphatic hydroxyl groups excluding tert-OH is 1. The van der Waals surface area contributed by atoms with Crippen LogP contribution in [0.3, 0.4) is 0 Å². The molecule has 3 N–H and O–H groups in total. The van der Waals surface area contributed by atoms with E-state index >= 15 is 0 Å². The van der Waals surface area contributed by atoms with Crippen LogP contribution in [0.4, 0.5) is 0 Å². The number of hydrogen-bond donors (Lipinski definition) is 2. The summed E-state index contributed by atoms with van der Waals surface area (Å²) in [5, 5.41) is 12.8. The minimum atomic E-state index is -0.654. The number of carbonyl (C=O) groups excluding carboxylic acids is 1. The van der Waals surface area contributed by atoms with Crippen LogP contribution in [-0.2, 0) is 16.6 Å². The Balaban J connectivity index is 1.85. The van der Waals surface area contributed by atoms with Gasteiger partial charge in [-0.3, -0.25) is 9.48 Å². The molecule has 7 heteroatoms. The molecule has 0 radical (unpaired) electrons. The smallest absolute Gasteiger partial charge is 0.244 e. The van der Waals surface area contributed by atoms with Gasteiger partial charge < -0.3 is 20.5 Å². The summed E-state index contributed by atoms with van der Waals surface area (Å²) in [6, 6.07) is -0.654. The third-order valence-electron chi connectivity index (χ3n) is 3.55. The molecule has 1 fully saturated rings. The number of nitrogens with zero attached hydrogens (tertiary/aromatic N) is 3. The van der Waals surface area contributed by atoms with E-state index in [1.54, 1.807) is 29.0 Å². The molecule has 1 amide bonds. The predicted molar refractivity (Wildman–Crippen MR) is 72.8 cm³/mol. The van der Waals surface area contributed by atoms with E-state index in [1.165, 1.54) is 0 Å². The molecule has 1 aromatic heterocycles. The number of piperidine rings is 1. The lowest BCUT2D eigenvalue weighted by molar-refractivity contribution is -0.135. The molecule has 0 bridgehead atoms. The molecule has 0 aromatic carbocycles. The summed E-state index contributed by atoms with van der Waals surface area (Å²) in [4.78, 5) is 14.1. The van der Waals surface area contributed by atoms with Crippen molar-refractivity contribution in [1.29, 1.82) is 0 Å². The molecule has 0 aliphatic carbocycles. The quantitative estimate of drug-likeness (QED) is 0.753. The molecular formula is C13H22N4O3. The minimum absolute atomic E-state index is 0.0328. The zero-order valence-corrected chi connectivity index (χ0v) is 11.7. The summed E-state index contributed by atoms with van der Waals surface area (Å²) in [5.74, 6) is -0.0707. The van der Waals surface area contributed by atoms with E-state index in [1.807, 2.05) is 0 Å². The number of likely N-dealkylation sites (tertiary alicyclic amines) is 1. The highest BCUT2D eigenvalue weighted by molar-refractivity contribution is 5.83. The molecule has 1 unspecified atom stereocenters. The molecule has 20 heavy (non-hydrogen) atoms. The second-order valence-corrected chi connectivity index (χ2v) is 5.04. The van der Waals surface area contributed by atoms with Gasteiger partial charge >= 0.3 is 0 Å². The van der Waals surface area contributed by atoms with Crippen LogP contribution in [0.2, 0.25) is 0 Å². The Morgan fingerprint density at radius 1 is 1.60 bits per heavy atom. The number of aliphatic hydroxyl groups is 1. The van der Waals surface area contributed by atoms with E-state index in [9.17, 15) is 4.79 Å². The van der Waals surface area contributed by atoms with Gasteiger partial charge in [-0.2, -0.15) is 5.10 Å². The fraction of sp³-hybridized carbons (Fsp3) is 0.692. The van der Waals surface area contributed by atoms with E-state index in [0.29, 0.717) is 19.7 Å². The summed E-state index contributed by atoms with van der Waals surface area (Å²) in [6.07, 6.45) is 5.08. The number of ether oxygens (including phenoxy) is 1. The topological polar surface area (TPSA) is 93.6 Å². The maximum atomic E-state index is 12.3. The molecule has 112 valence electrons. The Morgan fingerprint density at radius 3 is 2.85 bits per heavy atom. The molecule has 1 atom stereocenters. The van der Waals surface area contributed by atoms with Crippen molar-refractivity contribution in [3.63, 3.8) is 0 Å². The molecule has 1 aromatic rings. The third-order valence-corrected chi connectivity index (χ3v) is 3.55. The Hall–Kier alpha value is -1.44. The zero-order valence-electron chi connectivity index (χ0n) is 11.7. The third kappa shape index (κ3) is 3.56. The Kier molecular flexibility index (Phi) is 5.11. The molecule has 2 rings (SSSR count). The van der Waals surface area contributed by atoms with Crippen molar-refractivity contribution in [3.05, 3.63) is 18.0 Å². The number of hydrogen-bond acceptors (Lipinski definition) is 5. The maximum Gasteiger partial charge on any atom is 0.244 e. The average molecular weight is 282 g/mol. The van der Waals surface area contributed by atoms with Gasteiger partial charge in [-0.1, -0.05) is 0 Å². The van der Waals surface area contributed by atoms with Crippen molar-refractivity contribution in [1.82, 2.24) is 14.7 Å². The summed E-state index contributed by atoms with van der Waals surface area (Å²) in [6.45, 7) is 1.67. The SMILES string of the molecule is Cn1cc(C(N)C(=O)N2CCC(OCCO)CC2)cn1. The fourth-order valence-electron chi connectivity index (χ4n) is 2.40. The summed E-state index contributed by atoms with van der Waals surface area (Å²) in [5.41, 5.74) is 6.72. The lowest BCUT2D eigenvalue weighted by Crippen LogP contribution is -2.45. The largest absolute Gasteiger partial charge is 0.394 e. The normalized spacial score (nSPS) is 18.2. The Labute approximate surface area is 118 Å². The standard InChI is InChI=1S/C13H22N4O3/c1-16-9-10(8-15-16)12(14)13(19)17-4-2-11(3-5-17)20-7-6-18/h8-9,11-12,18H,2-7,14H2,1H3. The number of aromatic nitrogens is 2. The Morgan fingerprint density at radius 2 is 2.30 bits per heavy atom. The first-order chi connectivity index (χ1) is 9.61. The number of rotatable bonds is 5. The first-order valence-electron chi connectivity index (χ1n) is 6.87. The lowest BCUT2D eigenvalue weighted by Gasteiger charge is -2.33. The Bertz CT molecular complexity index is 441. The highest BCUT2D eigenvalue weighted by atomic mass is 16.5. The number of amides is 1. The van der Waals surface area contributed by atoms with Crippen molar-refractivity contribution in [2.45, 2.75) is 25.0 Å².